The van der Waals surface area contributed by atoms with Crippen LogP contribution in [0, 0.1) is 5.41 Å². The van der Waals surface area contributed by atoms with E-state index in [2.05, 4.69) is 20.8 Å². The van der Waals surface area contributed by atoms with Gasteiger partial charge in [0.05, 0.1) is 0 Å². The fraction of sp³-hybridized carbons (Fsp3) is 0.588. The smallest absolute Gasteiger partial charge is 0.303 e. The van der Waals surface area contributed by atoms with Crippen LogP contribution in [0.5, 0.6) is 11.5 Å². The van der Waals surface area contributed by atoms with Gasteiger partial charge in [0, 0.05) is 13.0 Å². The van der Waals surface area contributed by atoms with Crippen molar-refractivity contribution < 1.29 is 19.4 Å². The van der Waals surface area contributed by atoms with Crippen LogP contribution in [-0.4, -0.2) is 24.3 Å². The number of hydrogen-bond donors (Lipinski definition) is 2. The molecule has 0 unspecified atom stereocenters. The third-order valence-electron chi connectivity index (χ3n) is 3.16. The molecule has 1 heterocycles. The highest BCUT2D eigenvalue weighted by atomic mass is 16.6. The Hall–Kier alpha value is -1.75. The van der Waals surface area contributed by atoms with E-state index in [-0.39, 0.29) is 5.41 Å². The van der Waals surface area contributed by atoms with Crippen molar-refractivity contribution in [3.63, 3.8) is 0 Å². The summed E-state index contributed by atoms with van der Waals surface area (Å²) >= 11 is 0. The number of ether oxygens (including phenoxy) is 2. The van der Waals surface area contributed by atoms with Gasteiger partial charge in [0.15, 0.2) is 11.5 Å². The third kappa shape index (κ3) is 7.31. The molecule has 0 saturated heterocycles. The molecule has 1 aliphatic rings. The van der Waals surface area contributed by atoms with E-state index < -0.39 is 5.97 Å². The highest BCUT2D eigenvalue weighted by Gasteiger charge is 2.11. The van der Waals surface area contributed by atoms with E-state index in [1.54, 1.807) is 0 Å². The second kappa shape index (κ2) is 8.63. The largest absolute Gasteiger partial charge is 0.486 e. The van der Waals surface area contributed by atoms with Gasteiger partial charge in [-0.05, 0) is 36.0 Å². The van der Waals surface area contributed by atoms with E-state index in [0.717, 1.165) is 29.9 Å². The fourth-order valence-electron chi connectivity index (χ4n) is 1.98. The van der Waals surface area contributed by atoms with Gasteiger partial charge in [0.25, 0.3) is 0 Å². The summed E-state index contributed by atoms with van der Waals surface area (Å²) in [5.41, 5.74) is 6.83. The second-order valence-corrected chi connectivity index (χ2v) is 6.49. The molecule has 0 radical (unpaired) electrons. The predicted octanol–water partition coefficient (Wildman–Crippen LogP) is 3.20. The fourth-order valence-corrected chi connectivity index (χ4v) is 1.98. The molecule has 0 aliphatic carbocycles. The van der Waals surface area contributed by atoms with Crippen molar-refractivity contribution in [1.29, 1.82) is 0 Å². The van der Waals surface area contributed by atoms with Gasteiger partial charge in [0.2, 0.25) is 0 Å². The summed E-state index contributed by atoms with van der Waals surface area (Å²) in [4.78, 5) is 10.1. The Morgan fingerprint density at radius 3 is 2.41 bits per heavy atom. The van der Waals surface area contributed by atoms with Crippen molar-refractivity contribution in [2.75, 3.05) is 13.2 Å². The lowest BCUT2D eigenvalue weighted by atomic mass is 9.90. The number of aliphatic carboxylic acids is 1. The van der Waals surface area contributed by atoms with Crippen LogP contribution in [0.4, 0.5) is 0 Å². The summed E-state index contributed by atoms with van der Waals surface area (Å²) in [6.07, 6.45) is 2.08. The Morgan fingerprint density at radius 2 is 1.86 bits per heavy atom. The molecular formula is C17H27NO4. The molecule has 3 N–H and O–H groups in total. The minimum Gasteiger partial charge on any atom is -0.486 e. The first-order chi connectivity index (χ1) is 10.3. The third-order valence-corrected chi connectivity index (χ3v) is 3.16. The number of benzene rings is 1. The SMILES string of the molecule is CC(C)(C)CCCC(=O)O.NCc1ccc2c(c1)OCCO2. The zero-order chi connectivity index (χ0) is 16.6. The summed E-state index contributed by atoms with van der Waals surface area (Å²) in [5.74, 6) is 0.937. The normalized spacial score (nSPS) is 13.1. The van der Waals surface area contributed by atoms with Crippen molar-refractivity contribution >= 4 is 5.97 Å². The Labute approximate surface area is 132 Å². The summed E-state index contributed by atoms with van der Waals surface area (Å²) in [5, 5.41) is 8.31. The van der Waals surface area contributed by atoms with Gasteiger partial charge in [0.1, 0.15) is 13.2 Å². The molecule has 0 spiro atoms. The average molecular weight is 309 g/mol. The molecule has 1 aromatic carbocycles. The van der Waals surface area contributed by atoms with Crippen molar-refractivity contribution in [2.24, 2.45) is 11.1 Å². The minimum atomic E-state index is -0.691. The van der Waals surface area contributed by atoms with Crippen molar-refractivity contribution in [1.82, 2.24) is 0 Å². The molecular weight excluding hydrogens is 282 g/mol. The van der Waals surface area contributed by atoms with Gasteiger partial charge in [-0.15, -0.1) is 0 Å². The Bertz CT molecular complexity index is 480. The van der Waals surface area contributed by atoms with Crippen molar-refractivity contribution in [3.8, 4) is 11.5 Å². The Balaban J connectivity index is 0.000000225. The molecule has 0 fully saturated rings. The molecule has 124 valence electrons. The van der Waals surface area contributed by atoms with Crippen molar-refractivity contribution in [3.05, 3.63) is 23.8 Å². The molecule has 2 rings (SSSR count). The van der Waals surface area contributed by atoms with E-state index in [4.69, 9.17) is 20.3 Å². The highest BCUT2D eigenvalue weighted by molar-refractivity contribution is 5.66. The quantitative estimate of drug-likeness (QED) is 0.892. The van der Waals surface area contributed by atoms with Crippen LogP contribution in [0.1, 0.15) is 45.6 Å². The van der Waals surface area contributed by atoms with E-state index >= 15 is 0 Å². The van der Waals surface area contributed by atoms with Crippen LogP contribution < -0.4 is 15.2 Å². The number of carbonyl (C=O) groups is 1. The molecule has 0 atom stereocenters. The molecule has 22 heavy (non-hydrogen) atoms. The molecule has 5 heteroatoms. The highest BCUT2D eigenvalue weighted by Crippen LogP contribution is 2.30. The Kier molecular flexibility index (Phi) is 7.18. The summed E-state index contributed by atoms with van der Waals surface area (Å²) < 4.78 is 10.7. The molecule has 0 aromatic heterocycles. The first-order valence-corrected chi connectivity index (χ1v) is 7.62. The average Bonchev–Trinajstić information content (AvgIpc) is 2.45. The van der Waals surface area contributed by atoms with E-state index in [0.29, 0.717) is 26.2 Å². The summed E-state index contributed by atoms with van der Waals surface area (Å²) in [7, 11) is 0. The molecule has 0 bridgehead atoms. The predicted molar refractivity (Wildman–Crippen MR) is 86.3 cm³/mol. The van der Waals surface area contributed by atoms with Crippen LogP contribution in [0.3, 0.4) is 0 Å². The number of fused-ring (bicyclic) bond motifs is 1. The zero-order valence-corrected chi connectivity index (χ0v) is 13.7. The minimum absolute atomic E-state index is 0.273. The van der Waals surface area contributed by atoms with Gasteiger partial charge in [-0.2, -0.15) is 0 Å². The maximum atomic E-state index is 10.1. The van der Waals surface area contributed by atoms with Gasteiger partial charge in [-0.1, -0.05) is 26.8 Å². The van der Waals surface area contributed by atoms with Gasteiger partial charge in [-0.25, -0.2) is 0 Å². The number of carboxylic acids is 1. The number of carboxylic acid groups (broad SMARTS) is 1. The maximum absolute atomic E-state index is 10.1. The number of nitrogens with two attached hydrogens (primary N) is 1. The molecule has 1 aromatic rings. The first kappa shape index (κ1) is 18.3. The van der Waals surface area contributed by atoms with Crippen LogP contribution in [-0.2, 0) is 11.3 Å². The molecule has 1 aliphatic heterocycles. The standard InChI is InChI=1S/C9H11NO2.C8H16O2/c10-6-7-1-2-8-9(5-7)12-4-3-11-8;1-8(2,3)6-4-5-7(9)10/h1-2,5H,3-4,6,10H2;4-6H2,1-3H3,(H,9,10). The monoisotopic (exact) mass is 309 g/mol. The first-order valence-electron chi connectivity index (χ1n) is 7.62. The van der Waals surface area contributed by atoms with Crippen LogP contribution in [0.25, 0.3) is 0 Å². The topological polar surface area (TPSA) is 81.8 Å². The number of rotatable bonds is 4. The van der Waals surface area contributed by atoms with Gasteiger partial charge in [-0.3, -0.25) is 4.79 Å². The lowest BCUT2D eigenvalue weighted by Crippen LogP contribution is -2.15. The van der Waals surface area contributed by atoms with E-state index in [9.17, 15) is 4.79 Å². The molecule has 0 amide bonds. The van der Waals surface area contributed by atoms with Gasteiger partial charge >= 0.3 is 5.97 Å². The lowest BCUT2D eigenvalue weighted by molar-refractivity contribution is -0.137. The van der Waals surface area contributed by atoms with E-state index in [1.807, 2.05) is 18.2 Å². The molecule has 0 saturated carbocycles. The second-order valence-electron chi connectivity index (χ2n) is 6.49. The van der Waals surface area contributed by atoms with Gasteiger partial charge < -0.3 is 20.3 Å². The summed E-state index contributed by atoms with van der Waals surface area (Å²) in [6.45, 7) is 8.16. The summed E-state index contributed by atoms with van der Waals surface area (Å²) in [6, 6.07) is 5.78. The van der Waals surface area contributed by atoms with Crippen LogP contribution in [0.2, 0.25) is 0 Å². The number of hydrogen-bond acceptors (Lipinski definition) is 4. The maximum Gasteiger partial charge on any atom is 0.303 e. The van der Waals surface area contributed by atoms with Crippen molar-refractivity contribution in [2.45, 2.75) is 46.6 Å². The lowest BCUT2D eigenvalue weighted by Gasteiger charge is -2.18. The van der Waals surface area contributed by atoms with Crippen LogP contribution in [0.15, 0.2) is 18.2 Å². The van der Waals surface area contributed by atoms with E-state index in [1.165, 1.54) is 0 Å². The van der Waals surface area contributed by atoms with Crippen LogP contribution >= 0.6 is 0 Å². The Morgan fingerprint density at radius 1 is 1.23 bits per heavy atom. The molecule has 5 nitrogen and oxygen atoms in total. The zero-order valence-electron chi connectivity index (χ0n) is 13.7.